The fourth-order valence-corrected chi connectivity index (χ4v) is 6.31. The molecule has 0 unspecified atom stereocenters. The zero-order chi connectivity index (χ0) is 20.8. The van der Waals surface area contributed by atoms with E-state index in [9.17, 15) is 9.59 Å². The number of likely N-dealkylation sites (tertiary alicyclic amines) is 1. The van der Waals surface area contributed by atoms with Crippen LogP contribution in [0.15, 0.2) is 29.2 Å². The van der Waals surface area contributed by atoms with Crippen LogP contribution >= 0.6 is 0 Å². The summed E-state index contributed by atoms with van der Waals surface area (Å²) in [6.07, 6.45) is 9.11. The van der Waals surface area contributed by atoms with Gasteiger partial charge in [0.05, 0.1) is 0 Å². The van der Waals surface area contributed by atoms with Crippen LogP contribution in [0.5, 0.6) is 0 Å². The number of fused-ring (bicyclic) bond motifs is 5. The second kappa shape index (κ2) is 7.80. The van der Waals surface area contributed by atoms with Gasteiger partial charge in [-0.15, -0.1) is 0 Å². The molecular formula is C24H32N4O2. The van der Waals surface area contributed by atoms with Crippen molar-refractivity contribution < 1.29 is 4.79 Å². The van der Waals surface area contributed by atoms with Gasteiger partial charge in [0.15, 0.2) is 0 Å². The van der Waals surface area contributed by atoms with Gasteiger partial charge in [-0.3, -0.25) is 18.9 Å². The number of carbonyl (C=O) groups is 1. The van der Waals surface area contributed by atoms with Gasteiger partial charge >= 0.3 is 0 Å². The number of piperidine rings is 3. The maximum absolute atomic E-state index is 13.4. The lowest BCUT2D eigenvalue weighted by Crippen LogP contribution is -2.62. The first-order valence-corrected chi connectivity index (χ1v) is 11.6. The SMILES string of the molecule is CCC[C@H]1CCC[C@H]2[C@@H]3C[C@@H](CN(C(=O)c4cnc5cccc(C)n5c4=O)C3)CN12. The van der Waals surface area contributed by atoms with Crippen LogP contribution in [-0.2, 0) is 0 Å². The Morgan fingerprint density at radius 1 is 1.20 bits per heavy atom. The molecule has 3 aliphatic rings. The first-order chi connectivity index (χ1) is 14.6. The van der Waals surface area contributed by atoms with Gasteiger partial charge in [-0.1, -0.05) is 25.8 Å². The third-order valence-electron chi connectivity index (χ3n) is 7.58. The van der Waals surface area contributed by atoms with Gasteiger partial charge in [0.2, 0.25) is 0 Å². The molecule has 2 aromatic rings. The Kier molecular flexibility index (Phi) is 5.13. The van der Waals surface area contributed by atoms with Crippen molar-refractivity contribution in [3.8, 4) is 0 Å². The zero-order valence-corrected chi connectivity index (χ0v) is 18.1. The Morgan fingerprint density at radius 3 is 2.90 bits per heavy atom. The smallest absolute Gasteiger partial charge is 0.270 e. The van der Waals surface area contributed by atoms with Crippen LogP contribution in [0.4, 0.5) is 0 Å². The van der Waals surface area contributed by atoms with Crippen LogP contribution in [0.1, 0.15) is 61.5 Å². The number of nitrogens with zero attached hydrogens (tertiary/aromatic N) is 4. The van der Waals surface area contributed by atoms with Gasteiger partial charge in [0, 0.05) is 43.6 Å². The van der Waals surface area contributed by atoms with Crippen molar-refractivity contribution in [3.63, 3.8) is 0 Å². The van der Waals surface area contributed by atoms with Crippen LogP contribution < -0.4 is 5.56 Å². The minimum Gasteiger partial charge on any atom is -0.338 e. The molecule has 5 rings (SSSR count). The lowest BCUT2D eigenvalue weighted by molar-refractivity contribution is -0.0519. The molecule has 30 heavy (non-hydrogen) atoms. The predicted molar refractivity (Wildman–Crippen MR) is 117 cm³/mol. The van der Waals surface area contributed by atoms with E-state index in [0.717, 1.165) is 31.4 Å². The maximum Gasteiger partial charge on any atom is 0.270 e. The average Bonchev–Trinajstić information content (AvgIpc) is 2.74. The third kappa shape index (κ3) is 3.25. The molecule has 0 saturated carbocycles. The standard InChI is InChI=1S/C24H32N4O2/c1-3-6-19-8-5-9-21-18-11-17(14-27(19)21)13-26(15-18)23(29)20-12-25-22-10-4-7-16(2)28(22)24(20)30/h4,7,10,12,17-19,21H,3,5-6,8-9,11,13-15H2,1-2H3/t17-,18+,19-,21-/m0/s1. The van der Waals surface area contributed by atoms with E-state index in [0.29, 0.717) is 23.5 Å². The summed E-state index contributed by atoms with van der Waals surface area (Å²) in [4.78, 5) is 35.6. The molecule has 6 heteroatoms. The normalized spacial score (nSPS) is 29.1. The largest absolute Gasteiger partial charge is 0.338 e. The summed E-state index contributed by atoms with van der Waals surface area (Å²) in [5, 5.41) is 0. The van der Waals surface area contributed by atoms with Gasteiger partial charge in [0.25, 0.3) is 11.5 Å². The quantitative estimate of drug-likeness (QED) is 0.783. The fourth-order valence-electron chi connectivity index (χ4n) is 6.31. The van der Waals surface area contributed by atoms with Crippen molar-refractivity contribution in [1.29, 1.82) is 0 Å². The fraction of sp³-hybridized carbons (Fsp3) is 0.625. The highest BCUT2D eigenvalue weighted by Crippen LogP contribution is 2.40. The van der Waals surface area contributed by atoms with E-state index in [1.165, 1.54) is 44.7 Å². The highest BCUT2D eigenvalue weighted by atomic mass is 16.2. The first-order valence-electron chi connectivity index (χ1n) is 11.6. The zero-order valence-electron chi connectivity index (χ0n) is 18.1. The molecular weight excluding hydrogens is 376 g/mol. The second-order valence-electron chi connectivity index (χ2n) is 9.55. The highest BCUT2D eigenvalue weighted by Gasteiger charge is 2.45. The molecule has 3 saturated heterocycles. The lowest BCUT2D eigenvalue weighted by atomic mass is 9.74. The van der Waals surface area contributed by atoms with Crippen LogP contribution in [0.25, 0.3) is 5.65 Å². The van der Waals surface area contributed by atoms with Crippen molar-refractivity contribution in [2.45, 2.75) is 64.5 Å². The Hall–Kier alpha value is -2.21. The Morgan fingerprint density at radius 2 is 2.07 bits per heavy atom. The lowest BCUT2D eigenvalue weighted by Gasteiger charge is -2.55. The molecule has 3 aliphatic heterocycles. The van der Waals surface area contributed by atoms with Gasteiger partial charge in [-0.05, 0) is 56.6 Å². The maximum atomic E-state index is 13.4. The van der Waals surface area contributed by atoms with E-state index in [-0.39, 0.29) is 17.0 Å². The molecule has 2 bridgehead atoms. The van der Waals surface area contributed by atoms with Crippen LogP contribution in [0.2, 0.25) is 0 Å². The van der Waals surface area contributed by atoms with E-state index >= 15 is 0 Å². The molecule has 0 spiro atoms. The number of carbonyl (C=O) groups excluding carboxylic acids is 1. The third-order valence-corrected chi connectivity index (χ3v) is 7.58. The minimum atomic E-state index is -0.249. The summed E-state index contributed by atoms with van der Waals surface area (Å²) in [6.45, 7) is 6.79. The molecule has 0 aromatic carbocycles. The molecule has 0 radical (unpaired) electrons. The Balaban J connectivity index is 1.40. The van der Waals surface area contributed by atoms with Crippen molar-refractivity contribution in [3.05, 3.63) is 46.0 Å². The Bertz CT molecular complexity index is 1010. The topological polar surface area (TPSA) is 57.9 Å². The van der Waals surface area contributed by atoms with Crippen LogP contribution in [-0.4, -0.2) is 56.8 Å². The number of aromatic nitrogens is 2. The molecule has 1 amide bonds. The average molecular weight is 409 g/mol. The first kappa shape index (κ1) is 19.7. The summed E-state index contributed by atoms with van der Waals surface area (Å²) in [5.41, 5.74) is 1.34. The van der Waals surface area contributed by atoms with Gasteiger partial charge in [-0.25, -0.2) is 4.98 Å². The monoisotopic (exact) mass is 408 g/mol. The van der Waals surface area contributed by atoms with E-state index in [1.807, 2.05) is 24.0 Å². The summed E-state index contributed by atoms with van der Waals surface area (Å²) in [6, 6.07) is 6.88. The Labute approximate surface area is 177 Å². The van der Waals surface area contributed by atoms with Gasteiger partial charge in [0.1, 0.15) is 11.2 Å². The van der Waals surface area contributed by atoms with E-state index in [2.05, 4.69) is 16.8 Å². The summed E-state index contributed by atoms with van der Waals surface area (Å²) < 4.78 is 1.55. The molecule has 0 aliphatic carbocycles. The van der Waals surface area contributed by atoms with Crippen LogP contribution in [0, 0.1) is 18.8 Å². The van der Waals surface area contributed by atoms with E-state index < -0.39 is 0 Å². The van der Waals surface area contributed by atoms with Crippen molar-refractivity contribution in [1.82, 2.24) is 19.2 Å². The molecule has 6 nitrogen and oxygen atoms in total. The van der Waals surface area contributed by atoms with Crippen molar-refractivity contribution >= 4 is 11.6 Å². The van der Waals surface area contributed by atoms with Gasteiger partial charge < -0.3 is 4.90 Å². The molecule has 3 fully saturated rings. The predicted octanol–water partition coefficient (Wildman–Crippen LogP) is 3.12. The number of hydrogen-bond donors (Lipinski definition) is 0. The molecule has 2 aromatic heterocycles. The summed E-state index contributed by atoms with van der Waals surface area (Å²) in [7, 11) is 0. The summed E-state index contributed by atoms with van der Waals surface area (Å²) >= 11 is 0. The summed E-state index contributed by atoms with van der Waals surface area (Å²) in [5.74, 6) is 0.896. The molecule has 0 N–H and O–H groups in total. The van der Waals surface area contributed by atoms with E-state index in [4.69, 9.17) is 0 Å². The second-order valence-corrected chi connectivity index (χ2v) is 9.55. The number of pyridine rings is 1. The van der Waals surface area contributed by atoms with Crippen molar-refractivity contribution in [2.75, 3.05) is 19.6 Å². The number of rotatable bonds is 3. The number of hydrogen-bond acceptors (Lipinski definition) is 4. The highest BCUT2D eigenvalue weighted by molar-refractivity contribution is 5.94. The molecule has 5 heterocycles. The number of amides is 1. The van der Waals surface area contributed by atoms with E-state index in [1.54, 1.807) is 10.5 Å². The van der Waals surface area contributed by atoms with Gasteiger partial charge in [-0.2, -0.15) is 0 Å². The molecule has 4 atom stereocenters. The van der Waals surface area contributed by atoms with Crippen LogP contribution in [0.3, 0.4) is 0 Å². The number of aryl methyl sites for hydroxylation is 1. The minimum absolute atomic E-state index is 0.144. The van der Waals surface area contributed by atoms with Crippen molar-refractivity contribution in [2.24, 2.45) is 11.8 Å². The molecule has 160 valence electrons.